The van der Waals surface area contributed by atoms with Crippen molar-refractivity contribution >= 4 is 38.4 Å². The van der Waals surface area contributed by atoms with Crippen molar-refractivity contribution in [1.29, 1.82) is 0 Å². The van der Waals surface area contributed by atoms with Crippen LogP contribution in [-0.4, -0.2) is 4.98 Å². The second-order valence-corrected chi connectivity index (χ2v) is 5.83. The monoisotopic (exact) mass is 362 g/mol. The number of pyridine rings is 1. The number of nitrogens with two attached hydrogens (primary N) is 1. The Labute approximate surface area is 135 Å². The minimum atomic E-state index is 0.397. The molecule has 0 saturated carbocycles. The summed E-state index contributed by atoms with van der Waals surface area (Å²) >= 11 is 9.62. The molecule has 0 saturated heterocycles. The third-order valence-corrected chi connectivity index (χ3v) is 3.96. The van der Waals surface area contributed by atoms with Crippen LogP contribution < -0.4 is 10.5 Å². The first-order valence-corrected chi connectivity index (χ1v) is 7.55. The topological polar surface area (TPSA) is 48.1 Å². The SMILES string of the molecule is NCc1cc(Br)ccc1Oc1ccc(Cl)c2cccnc12. The Morgan fingerprint density at radius 3 is 2.76 bits per heavy atom. The largest absolute Gasteiger partial charge is 0.455 e. The molecule has 1 heterocycles. The van der Waals surface area contributed by atoms with Crippen LogP contribution in [0.2, 0.25) is 5.02 Å². The summed E-state index contributed by atoms with van der Waals surface area (Å²) < 4.78 is 6.97. The Bertz CT molecular complexity index is 807. The van der Waals surface area contributed by atoms with Gasteiger partial charge in [-0.2, -0.15) is 0 Å². The first kappa shape index (κ1) is 14.3. The number of rotatable bonds is 3. The predicted octanol–water partition coefficient (Wildman–Crippen LogP) is 4.90. The van der Waals surface area contributed by atoms with Crippen LogP contribution in [0.25, 0.3) is 10.9 Å². The van der Waals surface area contributed by atoms with Crippen LogP contribution in [0, 0.1) is 0 Å². The van der Waals surface area contributed by atoms with Crippen molar-refractivity contribution in [3.8, 4) is 11.5 Å². The average Bonchev–Trinajstić information content (AvgIpc) is 2.52. The molecule has 0 fully saturated rings. The van der Waals surface area contributed by atoms with Crippen molar-refractivity contribution in [1.82, 2.24) is 4.98 Å². The molecule has 0 amide bonds. The summed E-state index contributed by atoms with van der Waals surface area (Å²) in [6.45, 7) is 0.397. The summed E-state index contributed by atoms with van der Waals surface area (Å²) in [5.41, 5.74) is 7.42. The van der Waals surface area contributed by atoms with Gasteiger partial charge in [0.2, 0.25) is 0 Å². The van der Waals surface area contributed by atoms with Crippen LogP contribution in [0.4, 0.5) is 0 Å². The number of aromatic nitrogens is 1. The minimum Gasteiger partial charge on any atom is -0.455 e. The molecule has 1 aromatic heterocycles. The summed E-state index contributed by atoms with van der Waals surface area (Å²) in [4.78, 5) is 4.36. The van der Waals surface area contributed by atoms with Crippen molar-refractivity contribution < 1.29 is 4.74 Å². The zero-order chi connectivity index (χ0) is 14.8. The van der Waals surface area contributed by atoms with E-state index in [-0.39, 0.29) is 0 Å². The maximum absolute atomic E-state index is 6.19. The van der Waals surface area contributed by atoms with Gasteiger partial charge in [0.25, 0.3) is 0 Å². The molecule has 0 spiro atoms. The van der Waals surface area contributed by atoms with Crippen LogP contribution in [0.1, 0.15) is 5.56 Å². The summed E-state index contributed by atoms with van der Waals surface area (Å²) in [6, 6.07) is 13.1. The number of halogens is 2. The molecule has 5 heteroatoms. The smallest absolute Gasteiger partial charge is 0.153 e. The van der Waals surface area contributed by atoms with Crippen LogP contribution >= 0.6 is 27.5 Å². The summed E-state index contributed by atoms with van der Waals surface area (Å²) in [6.07, 6.45) is 1.72. The van der Waals surface area contributed by atoms with Gasteiger partial charge in [0.15, 0.2) is 5.75 Å². The van der Waals surface area contributed by atoms with E-state index < -0.39 is 0 Å². The Balaban J connectivity index is 2.09. The number of benzene rings is 2. The molecule has 106 valence electrons. The minimum absolute atomic E-state index is 0.397. The van der Waals surface area contributed by atoms with Crippen molar-refractivity contribution in [2.24, 2.45) is 5.73 Å². The fourth-order valence-electron chi connectivity index (χ4n) is 2.12. The normalized spacial score (nSPS) is 10.8. The van der Waals surface area contributed by atoms with Crippen LogP contribution in [0.15, 0.2) is 53.1 Å². The molecule has 2 aromatic carbocycles. The molecule has 0 unspecified atom stereocenters. The Hall–Kier alpha value is -1.62. The highest BCUT2D eigenvalue weighted by atomic mass is 79.9. The van der Waals surface area contributed by atoms with Crippen LogP contribution in [-0.2, 0) is 6.54 Å². The van der Waals surface area contributed by atoms with Gasteiger partial charge in [0, 0.05) is 28.2 Å². The van der Waals surface area contributed by atoms with Crippen molar-refractivity contribution in [2.45, 2.75) is 6.54 Å². The van der Waals surface area contributed by atoms with E-state index in [4.69, 9.17) is 22.1 Å². The van der Waals surface area contributed by atoms with E-state index in [1.807, 2.05) is 42.5 Å². The van der Waals surface area contributed by atoms with Gasteiger partial charge in [-0.05, 0) is 42.5 Å². The fourth-order valence-corrected chi connectivity index (χ4v) is 2.74. The molecular weight excluding hydrogens is 352 g/mol. The lowest BCUT2D eigenvalue weighted by atomic mass is 10.2. The molecule has 0 atom stereocenters. The van der Waals surface area contributed by atoms with Gasteiger partial charge in [0.05, 0.1) is 5.02 Å². The molecule has 21 heavy (non-hydrogen) atoms. The van der Waals surface area contributed by atoms with Gasteiger partial charge in [-0.3, -0.25) is 4.98 Å². The van der Waals surface area contributed by atoms with E-state index in [0.29, 0.717) is 17.3 Å². The van der Waals surface area contributed by atoms with Gasteiger partial charge in [-0.15, -0.1) is 0 Å². The standard InChI is InChI=1S/C16H12BrClN2O/c17-11-3-5-14(10(8-11)9-19)21-15-6-4-13(18)12-2-1-7-20-16(12)15/h1-8H,9,19H2. The van der Waals surface area contributed by atoms with E-state index in [2.05, 4.69) is 20.9 Å². The third-order valence-electron chi connectivity index (χ3n) is 3.14. The molecular formula is C16H12BrClN2O. The number of nitrogens with zero attached hydrogens (tertiary/aromatic N) is 1. The van der Waals surface area contributed by atoms with Crippen molar-refractivity contribution in [2.75, 3.05) is 0 Å². The number of hydrogen-bond donors (Lipinski definition) is 1. The average molecular weight is 364 g/mol. The Morgan fingerprint density at radius 1 is 1.14 bits per heavy atom. The first-order chi connectivity index (χ1) is 10.2. The lowest BCUT2D eigenvalue weighted by Crippen LogP contribution is -2.00. The number of hydrogen-bond acceptors (Lipinski definition) is 3. The highest BCUT2D eigenvalue weighted by molar-refractivity contribution is 9.10. The van der Waals surface area contributed by atoms with E-state index >= 15 is 0 Å². The van der Waals surface area contributed by atoms with Gasteiger partial charge in [-0.1, -0.05) is 27.5 Å². The molecule has 3 rings (SSSR count). The van der Waals surface area contributed by atoms with E-state index in [1.165, 1.54) is 0 Å². The summed E-state index contributed by atoms with van der Waals surface area (Å²) in [5, 5.41) is 1.52. The molecule has 0 aliphatic rings. The zero-order valence-corrected chi connectivity index (χ0v) is 13.4. The molecule has 0 aliphatic carbocycles. The summed E-state index contributed by atoms with van der Waals surface area (Å²) in [5.74, 6) is 1.38. The van der Waals surface area contributed by atoms with Gasteiger partial charge < -0.3 is 10.5 Å². The maximum atomic E-state index is 6.19. The van der Waals surface area contributed by atoms with Gasteiger partial charge in [0.1, 0.15) is 11.3 Å². The lowest BCUT2D eigenvalue weighted by molar-refractivity contribution is 0.480. The van der Waals surface area contributed by atoms with Crippen molar-refractivity contribution in [3.63, 3.8) is 0 Å². The Morgan fingerprint density at radius 2 is 1.95 bits per heavy atom. The molecule has 2 N–H and O–H groups in total. The van der Waals surface area contributed by atoms with Crippen molar-refractivity contribution in [3.05, 3.63) is 63.7 Å². The molecule has 0 radical (unpaired) electrons. The summed E-state index contributed by atoms with van der Waals surface area (Å²) in [7, 11) is 0. The van der Waals surface area contributed by atoms with E-state index in [1.54, 1.807) is 6.20 Å². The molecule has 0 aliphatic heterocycles. The molecule has 3 aromatic rings. The Kier molecular flexibility index (Phi) is 4.10. The van der Waals surface area contributed by atoms with Gasteiger partial charge >= 0.3 is 0 Å². The first-order valence-electron chi connectivity index (χ1n) is 6.38. The third kappa shape index (κ3) is 2.88. The second-order valence-electron chi connectivity index (χ2n) is 4.50. The lowest BCUT2D eigenvalue weighted by Gasteiger charge is -2.12. The van der Waals surface area contributed by atoms with Gasteiger partial charge in [-0.25, -0.2) is 0 Å². The number of ether oxygens (including phenoxy) is 1. The second kappa shape index (κ2) is 6.02. The molecule has 0 bridgehead atoms. The predicted molar refractivity (Wildman–Crippen MR) is 88.9 cm³/mol. The van der Waals surface area contributed by atoms with E-state index in [9.17, 15) is 0 Å². The number of fused-ring (bicyclic) bond motifs is 1. The highest BCUT2D eigenvalue weighted by Gasteiger charge is 2.10. The quantitative estimate of drug-likeness (QED) is 0.720. The van der Waals surface area contributed by atoms with Crippen LogP contribution in [0.3, 0.4) is 0 Å². The molecule has 3 nitrogen and oxygen atoms in total. The van der Waals surface area contributed by atoms with E-state index in [0.717, 1.165) is 26.7 Å². The zero-order valence-electron chi connectivity index (χ0n) is 11.0. The highest BCUT2D eigenvalue weighted by Crippen LogP contribution is 2.34. The maximum Gasteiger partial charge on any atom is 0.153 e. The van der Waals surface area contributed by atoms with Crippen LogP contribution in [0.5, 0.6) is 11.5 Å². The fraction of sp³-hybridized carbons (Fsp3) is 0.0625.